The van der Waals surface area contributed by atoms with Crippen molar-refractivity contribution >= 4 is 17.4 Å². The Kier molecular flexibility index (Phi) is 3.82. The quantitative estimate of drug-likeness (QED) is 0.559. The fourth-order valence-corrected chi connectivity index (χ4v) is 7.36. The zero-order valence-corrected chi connectivity index (χ0v) is 15.6. The van der Waals surface area contributed by atoms with E-state index in [1.54, 1.807) is 6.08 Å². The third-order valence-corrected chi connectivity index (χ3v) is 8.94. The molecule has 4 rings (SSSR count). The van der Waals surface area contributed by atoms with E-state index in [4.69, 9.17) is 11.6 Å². The number of aliphatic hydroxyl groups is 1. The van der Waals surface area contributed by atoms with Gasteiger partial charge in [0, 0.05) is 5.41 Å². The molecule has 3 unspecified atom stereocenters. The van der Waals surface area contributed by atoms with E-state index < -0.39 is 11.5 Å². The number of rotatable bonds is 1. The number of hydrogen-bond acceptors (Lipinski definition) is 2. The standard InChI is InChI=1S/C21H29ClO2/c1-4-12-6-8-15-14-7-5-13-11-17(23)18(22)19(24)21(13,3)16(14)9-10-20(12,15)2/h4,11-12,14-16,18-19,24H,1,5-10H2,2-3H3/t12-,14?,15?,16?,18+,19+,20+,21-/m0/s1. The van der Waals surface area contributed by atoms with Crippen molar-refractivity contribution in [3.05, 3.63) is 24.3 Å². The first-order chi connectivity index (χ1) is 11.3. The summed E-state index contributed by atoms with van der Waals surface area (Å²) in [5.74, 6) is 2.33. The van der Waals surface area contributed by atoms with Gasteiger partial charge in [-0.1, -0.05) is 25.5 Å². The van der Waals surface area contributed by atoms with Gasteiger partial charge in [0.15, 0.2) is 5.78 Å². The van der Waals surface area contributed by atoms with Crippen molar-refractivity contribution in [2.45, 2.75) is 63.9 Å². The summed E-state index contributed by atoms with van der Waals surface area (Å²) in [6.07, 6.45) is 10.2. The molecule has 2 nitrogen and oxygen atoms in total. The molecule has 0 aliphatic heterocycles. The van der Waals surface area contributed by atoms with Crippen LogP contribution in [-0.2, 0) is 4.79 Å². The zero-order chi connectivity index (χ0) is 17.3. The Bertz CT molecular complexity index is 611. The van der Waals surface area contributed by atoms with Gasteiger partial charge in [-0.2, -0.15) is 0 Å². The number of hydrogen-bond donors (Lipinski definition) is 1. The van der Waals surface area contributed by atoms with Crippen molar-refractivity contribution in [3.8, 4) is 0 Å². The van der Waals surface area contributed by atoms with Crippen LogP contribution >= 0.6 is 11.6 Å². The van der Waals surface area contributed by atoms with E-state index in [0.29, 0.717) is 23.2 Å². The normalized spacial score (nSPS) is 53.7. The number of allylic oxidation sites excluding steroid dienone is 1. The van der Waals surface area contributed by atoms with Gasteiger partial charge >= 0.3 is 0 Å². The molecular formula is C21H29ClO2. The predicted octanol–water partition coefficient (Wildman–Crippen LogP) is 4.51. The Morgan fingerprint density at radius 3 is 2.71 bits per heavy atom. The van der Waals surface area contributed by atoms with Gasteiger partial charge in [-0.05, 0) is 73.7 Å². The molecule has 3 saturated carbocycles. The second-order valence-corrected chi connectivity index (χ2v) is 9.55. The molecule has 1 N–H and O–H groups in total. The largest absolute Gasteiger partial charge is 0.390 e. The molecule has 0 saturated heterocycles. The van der Waals surface area contributed by atoms with E-state index in [1.165, 1.54) is 19.3 Å². The molecule has 0 amide bonds. The van der Waals surface area contributed by atoms with Crippen LogP contribution in [0, 0.1) is 34.5 Å². The Morgan fingerprint density at radius 1 is 1.25 bits per heavy atom. The molecule has 3 fully saturated rings. The lowest BCUT2D eigenvalue weighted by Crippen LogP contribution is -2.58. The first kappa shape index (κ1) is 16.8. The maximum Gasteiger partial charge on any atom is 0.176 e. The van der Waals surface area contributed by atoms with Gasteiger partial charge in [-0.3, -0.25) is 4.79 Å². The lowest BCUT2D eigenvalue weighted by molar-refractivity contribution is -0.126. The number of carbonyl (C=O) groups excluding carboxylic acids is 1. The number of alkyl halides is 1. The molecule has 24 heavy (non-hydrogen) atoms. The van der Waals surface area contributed by atoms with E-state index in [9.17, 15) is 9.90 Å². The Morgan fingerprint density at radius 2 is 2.00 bits per heavy atom. The molecule has 4 aliphatic rings. The second kappa shape index (κ2) is 5.45. The summed E-state index contributed by atoms with van der Waals surface area (Å²) in [5, 5.41) is 10.2. The first-order valence-corrected chi connectivity index (χ1v) is 9.97. The number of fused-ring (bicyclic) bond motifs is 5. The Hall–Kier alpha value is -0.600. The van der Waals surface area contributed by atoms with Crippen molar-refractivity contribution in [1.82, 2.24) is 0 Å². The monoisotopic (exact) mass is 348 g/mol. The van der Waals surface area contributed by atoms with Gasteiger partial charge in [0.25, 0.3) is 0 Å². The van der Waals surface area contributed by atoms with Gasteiger partial charge in [-0.15, -0.1) is 18.2 Å². The Labute approximate surface area is 150 Å². The molecule has 3 heteroatoms. The number of halogens is 1. The van der Waals surface area contributed by atoms with Crippen LogP contribution in [0.15, 0.2) is 24.3 Å². The minimum Gasteiger partial charge on any atom is -0.390 e. The van der Waals surface area contributed by atoms with Gasteiger partial charge in [0.1, 0.15) is 5.38 Å². The van der Waals surface area contributed by atoms with E-state index >= 15 is 0 Å². The summed E-state index contributed by atoms with van der Waals surface area (Å²) in [6, 6.07) is 0. The van der Waals surface area contributed by atoms with Crippen LogP contribution in [0.5, 0.6) is 0 Å². The van der Waals surface area contributed by atoms with Crippen LogP contribution < -0.4 is 0 Å². The Balaban J connectivity index is 1.72. The van der Waals surface area contributed by atoms with Crippen LogP contribution in [0.1, 0.15) is 52.4 Å². The number of ketones is 1. The number of aliphatic hydroxyl groups excluding tert-OH is 1. The van der Waals surface area contributed by atoms with E-state index in [1.807, 2.05) is 0 Å². The van der Waals surface area contributed by atoms with Gasteiger partial charge in [-0.25, -0.2) is 0 Å². The van der Waals surface area contributed by atoms with E-state index in [2.05, 4.69) is 26.5 Å². The molecule has 0 heterocycles. The maximum atomic E-state index is 12.1. The molecule has 4 aliphatic carbocycles. The van der Waals surface area contributed by atoms with Gasteiger partial charge in [0.2, 0.25) is 0 Å². The molecule has 0 aromatic carbocycles. The van der Waals surface area contributed by atoms with E-state index in [-0.39, 0.29) is 11.2 Å². The molecule has 0 spiro atoms. The third-order valence-electron chi connectivity index (χ3n) is 8.48. The lowest BCUT2D eigenvalue weighted by Gasteiger charge is -2.59. The number of carbonyl (C=O) groups is 1. The minimum absolute atomic E-state index is 0.108. The van der Waals surface area contributed by atoms with Crippen molar-refractivity contribution in [2.75, 3.05) is 0 Å². The molecule has 132 valence electrons. The summed E-state index contributed by atoms with van der Waals surface area (Å²) < 4.78 is 0. The third kappa shape index (κ3) is 1.96. The van der Waals surface area contributed by atoms with Crippen LogP contribution in [0.3, 0.4) is 0 Å². The van der Waals surface area contributed by atoms with Crippen molar-refractivity contribution in [1.29, 1.82) is 0 Å². The average molecular weight is 349 g/mol. The maximum absolute atomic E-state index is 12.1. The predicted molar refractivity (Wildman–Crippen MR) is 96.8 cm³/mol. The minimum atomic E-state index is -0.782. The fourth-order valence-electron chi connectivity index (χ4n) is 7.04. The zero-order valence-electron chi connectivity index (χ0n) is 14.8. The van der Waals surface area contributed by atoms with Crippen LogP contribution in [0.25, 0.3) is 0 Å². The van der Waals surface area contributed by atoms with Crippen LogP contribution in [0.2, 0.25) is 0 Å². The van der Waals surface area contributed by atoms with Gasteiger partial charge in [0.05, 0.1) is 6.10 Å². The molecule has 0 aromatic rings. The molecule has 0 aromatic heterocycles. The highest BCUT2D eigenvalue weighted by Crippen LogP contribution is 2.66. The summed E-state index contributed by atoms with van der Waals surface area (Å²) in [5.41, 5.74) is 1.20. The first-order valence-electron chi connectivity index (χ1n) is 9.53. The lowest BCUT2D eigenvalue weighted by atomic mass is 9.46. The SMILES string of the molecule is C=C[C@H]1CCC2C3CCC4=CC(=O)[C@@H](Cl)[C@@H](O)[C@]4(C)C3CC[C@@]21C. The van der Waals surface area contributed by atoms with Crippen molar-refractivity contribution < 1.29 is 9.90 Å². The van der Waals surface area contributed by atoms with Crippen LogP contribution in [0.4, 0.5) is 0 Å². The highest BCUT2D eigenvalue weighted by atomic mass is 35.5. The van der Waals surface area contributed by atoms with Gasteiger partial charge < -0.3 is 5.11 Å². The highest BCUT2D eigenvalue weighted by Gasteiger charge is 2.61. The fraction of sp³-hybridized carbons (Fsp3) is 0.762. The molecule has 0 radical (unpaired) electrons. The molecular weight excluding hydrogens is 320 g/mol. The summed E-state index contributed by atoms with van der Waals surface area (Å²) in [4.78, 5) is 12.1. The average Bonchev–Trinajstić information content (AvgIpc) is 2.91. The van der Waals surface area contributed by atoms with Crippen molar-refractivity contribution in [2.24, 2.45) is 34.5 Å². The summed E-state index contributed by atoms with van der Waals surface area (Å²) in [7, 11) is 0. The van der Waals surface area contributed by atoms with Crippen molar-refractivity contribution in [3.63, 3.8) is 0 Å². The molecule has 0 bridgehead atoms. The van der Waals surface area contributed by atoms with E-state index in [0.717, 1.165) is 30.8 Å². The smallest absolute Gasteiger partial charge is 0.176 e. The second-order valence-electron chi connectivity index (χ2n) is 9.08. The summed E-state index contributed by atoms with van der Waals surface area (Å²) >= 11 is 6.29. The van der Waals surface area contributed by atoms with Crippen LogP contribution in [-0.4, -0.2) is 22.4 Å². The molecule has 8 atom stereocenters. The highest BCUT2D eigenvalue weighted by molar-refractivity contribution is 6.33. The summed E-state index contributed by atoms with van der Waals surface area (Å²) in [6.45, 7) is 8.72. The topological polar surface area (TPSA) is 37.3 Å².